The smallest absolute Gasteiger partial charge is 0.123 e. The van der Waals surface area contributed by atoms with Crippen molar-refractivity contribution in [2.24, 2.45) is 0 Å². The third kappa shape index (κ3) is 4.45. The summed E-state index contributed by atoms with van der Waals surface area (Å²) < 4.78 is 5.48. The summed E-state index contributed by atoms with van der Waals surface area (Å²) in [5, 5.41) is 4.29. The van der Waals surface area contributed by atoms with E-state index in [1.54, 1.807) is 13.3 Å². The molecule has 21 heavy (non-hydrogen) atoms. The highest BCUT2D eigenvalue weighted by Gasteiger charge is 2.16. The number of nitrogens with zero attached hydrogens (tertiary/aromatic N) is 1. The lowest BCUT2D eigenvalue weighted by atomic mass is 9.98. The average molecular weight is 305 g/mol. The van der Waals surface area contributed by atoms with Crippen LogP contribution in [0.15, 0.2) is 42.7 Å². The van der Waals surface area contributed by atoms with Crippen LogP contribution < -0.4 is 10.1 Å². The number of ether oxygens (including phenoxy) is 1. The van der Waals surface area contributed by atoms with Crippen molar-refractivity contribution in [3.8, 4) is 5.75 Å². The number of hydrogen-bond acceptors (Lipinski definition) is 3. The van der Waals surface area contributed by atoms with E-state index in [4.69, 9.17) is 16.3 Å². The first-order valence-electron chi connectivity index (χ1n) is 7.20. The third-order valence-electron chi connectivity index (χ3n) is 3.37. The van der Waals surface area contributed by atoms with Crippen molar-refractivity contribution >= 4 is 11.6 Å². The zero-order valence-electron chi connectivity index (χ0n) is 12.5. The van der Waals surface area contributed by atoms with Crippen LogP contribution in [-0.4, -0.2) is 18.6 Å². The Balaban J connectivity index is 2.28. The van der Waals surface area contributed by atoms with E-state index in [0.29, 0.717) is 0 Å². The van der Waals surface area contributed by atoms with Gasteiger partial charge in [0.2, 0.25) is 0 Å². The van der Waals surface area contributed by atoms with Gasteiger partial charge in [-0.2, -0.15) is 0 Å². The fraction of sp³-hybridized carbons (Fsp3) is 0.353. The first kappa shape index (κ1) is 15.8. The first-order chi connectivity index (χ1) is 10.2. The van der Waals surface area contributed by atoms with E-state index in [1.807, 2.05) is 30.5 Å². The van der Waals surface area contributed by atoms with Gasteiger partial charge < -0.3 is 10.1 Å². The molecule has 3 nitrogen and oxygen atoms in total. The van der Waals surface area contributed by atoms with Gasteiger partial charge in [-0.25, -0.2) is 0 Å². The fourth-order valence-electron chi connectivity index (χ4n) is 2.34. The third-order valence-corrected chi connectivity index (χ3v) is 3.61. The molecule has 1 unspecified atom stereocenters. The molecular weight excluding hydrogens is 284 g/mol. The van der Waals surface area contributed by atoms with Crippen molar-refractivity contribution < 1.29 is 4.74 Å². The molecular formula is C17H21ClN2O. The summed E-state index contributed by atoms with van der Waals surface area (Å²) in [4.78, 5) is 4.19. The lowest BCUT2D eigenvalue weighted by Crippen LogP contribution is -2.24. The standard InChI is InChI=1S/C17H21ClN2O/c1-3-8-20-16(10-13-5-4-9-19-12-13)15-11-14(18)6-7-17(15)21-2/h4-7,9,11-12,16,20H,3,8,10H2,1-2H3. The number of aromatic nitrogens is 1. The van der Waals surface area contributed by atoms with E-state index < -0.39 is 0 Å². The Morgan fingerprint density at radius 1 is 1.33 bits per heavy atom. The van der Waals surface area contributed by atoms with E-state index in [9.17, 15) is 0 Å². The summed E-state index contributed by atoms with van der Waals surface area (Å²) in [6.45, 7) is 3.10. The molecule has 1 aromatic heterocycles. The number of hydrogen-bond donors (Lipinski definition) is 1. The van der Waals surface area contributed by atoms with Crippen molar-refractivity contribution in [1.29, 1.82) is 0 Å². The van der Waals surface area contributed by atoms with Crippen LogP contribution in [-0.2, 0) is 6.42 Å². The summed E-state index contributed by atoms with van der Waals surface area (Å²) in [5.74, 6) is 0.858. The molecule has 0 bridgehead atoms. The molecule has 1 heterocycles. The molecule has 0 saturated heterocycles. The SMILES string of the molecule is CCCNC(Cc1cccnc1)c1cc(Cl)ccc1OC. The molecule has 2 rings (SSSR count). The van der Waals surface area contributed by atoms with Crippen molar-refractivity contribution in [2.45, 2.75) is 25.8 Å². The molecule has 0 amide bonds. The van der Waals surface area contributed by atoms with Crippen LogP contribution in [0.3, 0.4) is 0 Å². The maximum atomic E-state index is 6.16. The molecule has 112 valence electrons. The molecule has 0 aliphatic carbocycles. The van der Waals surface area contributed by atoms with Crippen molar-refractivity contribution in [2.75, 3.05) is 13.7 Å². The predicted molar refractivity (Wildman–Crippen MR) is 87.0 cm³/mol. The van der Waals surface area contributed by atoms with Crippen molar-refractivity contribution in [1.82, 2.24) is 10.3 Å². The van der Waals surface area contributed by atoms with Gasteiger partial charge >= 0.3 is 0 Å². The van der Waals surface area contributed by atoms with Gasteiger partial charge in [-0.15, -0.1) is 0 Å². The number of nitrogens with one attached hydrogen (secondary N) is 1. The molecule has 1 atom stereocenters. The number of rotatable bonds is 7. The second-order valence-electron chi connectivity index (χ2n) is 4.96. The fourth-order valence-corrected chi connectivity index (χ4v) is 2.52. The zero-order valence-corrected chi connectivity index (χ0v) is 13.2. The zero-order chi connectivity index (χ0) is 15.1. The van der Waals surface area contributed by atoms with Crippen molar-refractivity contribution in [3.63, 3.8) is 0 Å². The maximum absolute atomic E-state index is 6.16. The minimum absolute atomic E-state index is 0.155. The Labute approximate surface area is 131 Å². The largest absolute Gasteiger partial charge is 0.496 e. The van der Waals surface area contributed by atoms with Crippen LogP contribution in [0.5, 0.6) is 5.75 Å². The van der Waals surface area contributed by atoms with E-state index in [0.717, 1.165) is 35.7 Å². The average Bonchev–Trinajstić information content (AvgIpc) is 2.52. The molecule has 0 fully saturated rings. The lowest BCUT2D eigenvalue weighted by molar-refractivity contribution is 0.398. The van der Waals surface area contributed by atoms with Crippen LogP contribution in [0.4, 0.5) is 0 Å². The van der Waals surface area contributed by atoms with Crippen molar-refractivity contribution in [3.05, 3.63) is 58.9 Å². The maximum Gasteiger partial charge on any atom is 0.123 e. The van der Waals surface area contributed by atoms with Gasteiger partial charge in [-0.1, -0.05) is 24.6 Å². The summed E-state index contributed by atoms with van der Waals surface area (Å²) >= 11 is 6.16. The lowest BCUT2D eigenvalue weighted by Gasteiger charge is -2.21. The molecule has 4 heteroatoms. The molecule has 0 saturated carbocycles. The number of benzene rings is 1. The van der Waals surface area contributed by atoms with Gasteiger partial charge in [0.1, 0.15) is 5.75 Å². The summed E-state index contributed by atoms with van der Waals surface area (Å²) in [6, 6.07) is 9.95. The summed E-state index contributed by atoms with van der Waals surface area (Å²) in [5.41, 5.74) is 2.27. The van der Waals surface area contributed by atoms with Gasteiger partial charge in [0.05, 0.1) is 7.11 Å². The van der Waals surface area contributed by atoms with E-state index in [-0.39, 0.29) is 6.04 Å². The Bertz CT molecular complexity index is 560. The number of methoxy groups -OCH3 is 1. The monoisotopic (exact) mass is 304 g/mol. The molecule has 1 aromatic carbocycles. The molecule has 2 aromatic rings. The van der Waals surface area contributed by atoms with Gasteiger partial charge in [0.15, 0.2) is 0 Å². The number of pyridine rings is 1. The Morgan fingerprint density at radius 2 is 2.19 bits per heavy atom. The molecule has 0 aliphatic rings. The number of halogens is 1. The van der Waals surface area contributed by atoms with Gasteiger partial charge in [0.25, 0.3) is 0 Å². The normalized spacial score (nSPS) is 12.1. The molecule has 1 N–H and O–H groups in total. The molecule has 0 aliphatic heterocycles. The van der Waals surface area contributed by atoms with Gasteiger partial charge in [-0.3, -0.25) is 4.98 Å². The predicted octanol–water partition coefficient (Wildman–Crippen LogP) is 4.03. The van der Waals surface area contributed by atoms with E-state index >= 15 is 0 Å². The van der Waals surface area contributed by atoms with Crippen LogP contribution in [0.25, 0.3) is 0 Å². The van der Waals surface area contributed by atoms with Crippen LogP contribution >= 0.6 is 11.6 Å². The Morgan fingerprint density at radius 3 is 2.86 bits per heavy atom. The highest BCUT2D eigenvalue weighted by Crippen LogP contribution is 2.30. The topological polar surface area (TPSA) is 34.2 Å². The highest BCUT2D eigenvalue weighted by atomic mass is 35.5. The Kier molecular flexibility index (Phi) is 6.03. The summed E-state index contributed by atoms with van der Waals surface area (Å²) in [6.07, 6.45) is 5.62. The second-order valence-corrected chi connectivity index (χ2v) is 5.39. The quantitative estimate of drug-likeness (QED) is 0.838. The summed E-state index contributed by atoms with van der Waals surface area (Å²) in [7, 11) is 1.69. The van der Waals surface area contributed by atoms with E-state index in [1.165, 1.54) is 5.56 Å². The minimum atomic E-state index is 0.155. The van der Waals surface area contributed by atoms with Crippen LogP contribution in [0.1, 0.15) is 30.5 Å². The molecule has 0 spiro atoms. The van der Waals surface area contributed by atoms with Gasteiger partial charge in [0, 0.05) is 29.0 Å². The Hall–Kier alpha value is -1.58. The highest BCUT2D eigenvalue weighted by molar-refractivity contribution is 6.30. The van der Waals surface area contributed by atoms with Crippen LogP contribution in [0, 0.1) is 0 Å². The van der Waals surface area contributed by atoms with Gasteiger partial charge in [-0.05, 0) is 49.2 Å². The minimum Gasteiger partial charge on any atom is -0.496 e. The van der Waals surface area contributed by atoms with Crippen LogP contribution in [0.2, 0.25) is 5.02 Å². The van der Waals surface area contributed by atoms with E-state index in [2.05, 4.69) is 23.3 Å². The first-order valence-corrected chi connectivity index (χ1v) is 7.58. The molecule has 0 radical (unpaired) electrons. The second kappa shape index (κ2) is 8.01.